The molecular formula is C14H19AgClN3O. The number of morpholine rings is 1. The van der Waals surface area contributed by atoms with Gasteiger partial charge in [-0.2, -0.15) is 0 Å². The molecule has 0 N–H and O–H groups in total. The fourth-order valence-corrected chi connectivity index (χ4v) is 2.50. The summed E-state index contributed by atoms with van der Waals surface area (Å²) in [5, 5.41) is 0. The zero-order valence-electron chi connectivity index (χ0n) is 11.5. The van der Waals surface area contributed by atoms with E-state index in [0.29, 0.717) is 0 Å². The van der Waals surface area contributed by atoms with Crippen LogP contribution in [0.5, 0.6) is 0 Å². The molecule has 1 aromatic carbocycles. The van der Waals surface area contributed by atoms with E-state index < -0.39 is 0 Å². The third-order valence-corrected chi connectivity index (χ3v) is 3.55. The molecule has 2 aliphatic rings. The molecule has 0 aromatic heterocycles. The summed E-state index contributed by atoms with van der Waals surface area (Å²) in [7, 11) is 6.50. The Balaban J connectivity index is 0.000000704. The topological polar surface area (TPSA) is 19.0 Å². The number of anilines is 2. The molecule has 6 heteroatoms. The summed E-state index contributed by atoms with van der Waals surface area (Å²) in [5.74, 6) is 0. The van der Waals surface area contributed by atoms with Crippen LogP contribution in [-0.2, 0) is 24.7 Å². The molecule has 4 nitrogen and oxygen atoms in total. The van der Waals surface area contributed by atoms with Gasteiger partial charge in [0.1, 0.15) is 0 Å². The summed E-state index contributed by atoms with van der Waals surface area (Å²) in [4.78, 5) is 6.73. The van der Waals surface area contributed by atoms with E-state index in [9.17, 15) is 0 Å². The van der Waals surface area contributed by atoms with Crippen molar-refractivity contribution in [1.82, 2.24) is 4.90 Å². The van der Waals surface area contributed by atoms with Gasteiger partial charge in [-0.15, -0.1) is 0 Å². The minimum atomic E-state index is 0.865. The molecule has 1 aromatic rings. The van der Waals surface area contributed by atoms with Crippen molar-refractivity contribution in [2.75, 3.05) is 56.2 Å². The minimum absolute atomic E-state index is 0.865. The number of halogens is 1. The zero-order valence-corrected chi connectivity index (χ0v) is 13.7. The average molecular weight is 389 g/mol. The van der Waals surface area contributed by atoms with Crippen molar-refractivity contribution < 1.29 is 24.7 Å². The van der Waals surface area contributed by atoms with Crippen molar-refractivity contribution in [2.24, 2.45) is 0 Å². The molecular weight excluding hydrogens is 369 g/mol. The molecule has 20 heavy (non-hydrogen) atoms. The summed E-state index contributed by atoms with van der Waals surface area (Å²) in [5.41, 5.74) is 2.49. The first-order valence-electron chi connectivity index (χ1n) is 6.63. The summed E-state index contributed by atoms with van der Waals surface area (Å²) in [6, 6.07) is 8.45. The van der Waals surface area contributed by atoms with E-state index in [1.54, 1.807) is 0 Å². The predicted octanol–water partition coefficient (Wildman–Crippen LogP) is 1.96. The van der Waals surface area contributed by atoms with E-state index >= 15 is 0 Å². The molecule has 0 amide bonds. The van der Waals surface area contributed by atoms with E-state index in [1.165, 1.54) is 11.4 Å². The monoisotopic (exact) mass is 387 g/mol. The Labute approximate surface area is 137 Å². The number of benzene rings is 1. The van der Waals surface area contributed by atoms with Gasteiger partial charge in [0, 0.05) is 33.2 Å². The number of hydrogen-bond acceptors (Lipinski definition) is 4. The second kappa shape index (κ2) is 8.27. The predicted molar refractivity (Wildman–Crippen MR) is 78.5 cm³/mol. The van der Waals surface area contributed by atoms with Crippen LogP contribution < -0.4 is 9.80 Å². The van der Waals surface area contributed by atoms with Crippen LogP contribution in [0.2, 0.25) is 0 Å². The van der Waals surface area contributed by atoms with E-state index in [1.807, 2.05) is 7.05 Å². The van der Waals surface area contributed by atoms with Crippen LogP contribution in [0.15, 0.2) is 24.3 Å². The third kappa shape index (κ3) is 3.91. The zero-order chi connectivity index (χ0) is 14.4. The van der Waals surface area contributed by atoms with Crippen molar-refractivity contribution >= 4 is 20.6 Å². The molecule has 2 heterocycles. The second-order valence-corrected chi connectivity index (χ2v) is 4.75. The number of ether oxygens (including phenoxy) is 1. The summed E-state index contributed by atoms with van der Waals surface area (Å²) in [6.45, 7) is 9.25. The summed E-state index contributed by atoms with van der Waals surface area (Å²) in [6.07, 6.45) is 0. The summed E-state index contributed by atoms with van der Waals surface area (Å²) >= 11 is 2.42. The van der Waals surface area contributed by atoms with E-state index in [2.05, 4.69) is 74.8 Å². The van der Waals surface area contributed by atoms with Gasteiger partial charge in [0.15, 0.2) is 0 Å². The van der Waals surface area contributed by atoms with E-state index in [-0.39, 0.29) is 0 Å². The molecule has 0 atom stereocenters. The Hall–Kier alpha value is -0.230. The molecule has 0 aliphatic carbocycles. The Morgan fingerprint density at radius 1 is 1.15 bits per heavy atom. The number of rotatable bonds is 3. The van der Waals surface area contributed by atoms with Crippen LogP contribution in [0.3, 0.4) is 0 Å². The molecule has 0 unspecified atom stereocenters. The van der Waals surface area contributed by atoms with Crippen molar-refractivity contribution in [2.45, 2.75) is 0 Å². The number of fused-ring (bicyclic) bond motifs is 1. The van der Waals surface area contributed by atoms with Gasteiger partial charge in [-0.1, -0.05) is 12.1 Å². The summed E-state index contributed by atoms with van der Waals surface area (Å²) < 4.78 is 5.37. The first kappa shape index (κ1) is 16.1. The first-order valence-corrected chi connectivity index (χ1v) is 8.53. The van der Waals surface area contributed by atoms with Crippen LogP contribution in [0.1, 0.15) is 0 Å². The Kier molecular flexibility index (Phi) is 6.68. The number of hydrogen-bond donors (Lipinski definition) is 0. The van der Waals surface area contributed by atoms with Crippen molar-refractivity contribution in [3.05, 3.63) is 30.9 Å². The first-order chi connectivity index (χ1) is 9.84. The van der Waals surface area contributed by atoms with Gasteiger partial charge >= 0.3 is 29.2 Å². The van der Waals surface area contributed by atoms with Crippen molar-refractivity contribution in [1.29, 1.82) is 0 Å². The fourth-order valence-electron chi connectivity index (χ4n) is 2.50. The SMILES string of the molecule is CN1[C]N(CCN2CCOCC2)c2ccccc21.[Cl][Ag]. The molecule has 1 saturated heterocycles. The Morgan fingerprint density at radius 3 is 2.50 bits per heavy atom. The van der Waals surface area contributed by atoms with E-state index in [0.717, 1.165) is 39.4 Å². The van der Waals surface area contributed by atoms with Gasteiger partial charge in [0.05, 0.1) is 24.6 Å². The number of nitrogens with zero attached hydrogens (tertiary/aromatic N) is 3. The fraction of sp³-hybridized carbons (Fsp3) is 0.500. The quantitative estimate of drug-likeness (QED) is 0.737. The maximum absolute atomic E-state index is 5.37. The molecule has 0 spiro atoms. The van der Waals surface area contributed by atoms with Gasteiger partial charge in [0.25, 0.3) is 0 Å². The van der Waals surface area contributed by atoms with Gasteiger partial charge < -0.3 is 14.5 Å². The van der Waals surface area contributed by atoms with Gasteiger partial charge in [-0.05, 0) is 12.1 Å². The average Bonchev–Trinajstić information content (AvgIpc) is 2.85. The van der Waals surface area contributed by atoms with Gasteiger partial charge in [-0.25, -0.2) is 0 Å². The third-order valence-electron chi connectivity index (χ3n) is 3.55. The van der Waals surface area contributed by atoms with Gasteiger partial charge in [0.2, 0.25) is 6.67 Å². The molecule has 2 aliphatic heterocycles. The number of para-hydroxylation sites is 2. The van der Waals surface area contributed by atoms with Crippen LogP contribution in [0.4, 0.5) is 11.4 Å². The van der Waals surface area contributed by atoms with E-state index in [4.69, 9.17) is 4.74 Å². The molecule has 3 rings (SSSR count). The van der Waals surface area contributed by atoms with Crippen molar-refractivity contribution in [3.63, 3.8) is 0 Å². The molecule has 0 saturated carbocycles. The van der Waals surface area contributed by atoms with Crippen molar-refractivity contribution in [3.8, 4) is 0 Å². The van der Waals surface area contributed by atoms with Crippen LogP contribution >= 0.6 is 9.19 Å². The molecule has 0 bridgehead atoms. The normalized spacial score (nSPS) is 18.6. The molecule has 114 valence electrons. The van der Waals surface area contributed by atoms with Crippen LogP contribution in [-0.4, -0.2) is 51.3 Å². The van der Waals surface area contributed by atoms with Gasteiger partial charge in [-0.3, -0.25) is 4.90 Å². The maximum atomic E-state index is 5.37. The standard InChI is InChI=1S/C14H19N3O.Ag.ClH/c1-15-12-17(14-5-3-2-4-13(14)15)7-6-16-8-10-18-11-9-16;;/h2-5H,6-11H2,1H3;;1H/q;+1;/p-1. The molecule has 1 fully saturated rings. The Morgan fingerprint density at radius 2 is 1.80 bits per heavy atom. The Bertz CT molecular complexity index is 415. The van der Waals surface area contributed by atoms with Crippen LogP contribution in [0, 0.1) is 6.67 Å². The second-order valence-electron chi connectivity index (χ2n) is 4.75. The molecule has 2 radical (unpaired) electrons. The van der Waals surface area contributed by atoms with Crippen LogP contribution in [0.25, 0.3) is 0 Å².